The van der Waals surface area contributed by atoms with E-state index in [2.05, 4.69) is 15.4 Å². The zero-order valence-corrected chi connectivity index (χ0v) is 18.0. The molecule has 158 valence electrons. The number of hydrogen-bond donors (Lipinski definition) is 3. The highest BCUT2D eigenvalue weighted by molar-refractivity contribution is 6.37. The molecular formula is C21H23Cl2N5O2. The number of anilines is 1. The predicted octanol–water partition coefficient (Wildman–Crippen LogP) is 4.60. The fourth-order valence-corrected chi connectivity index (χ4v) is 4.32. The molecule has 4 N–H and O–H groups in total. The Morgan fingerprint density at radius 1 is 1.23 bits per heavy atom. The summed E-state index contributed by atoms with van der Waals surface area (Å²) >= 11 is 12.5. The molecule has 0 saturated carbocycles. The van der Waals surface area contributed by atoms with Gasteiger partial charge < -0.3 is 20.9 Å². The van der Waals surface area contributed by atoms with Crippen LogP contribution < -0.4 is 15.8 Å². The van der Waals surface area contributed by atoms with Gasteiger partial charge in [-0.25, -0.2) is 4.98 Å². The number of halogens is 2. The molecule has 1 unspecified atom stereocenters. The van der Waals surface area contributed by atoms with E-state index in [0.717, 1.165) is 37.1 Å². The first-order chi connectivity index (χ1) is 14.4. The lowest BCUT2D eigenvalue weighted by Crippen LogP contribution is -2.29. The van der Waals surface area contributed by atoms with Gasteiger partial charge in [-0.1, -0.05) is 23.2 Å². The lowest BCUT2D eigenvalue weighted by molar-refractivity contribution is 0.227. The van der Waals surface area contributed by atoms with Crippen LogP contribution >= 0.6 is 23.2 Å². The number of rotatable bonds is 5. The quantitative estimate of drug-likeness (QED) is 0.528. The molecule has 3 heterocycles. The van der Waals surface area contributed by atoms with Gasteiger partial charge in [-0.05, 0) is 51.1 Å². The molecule has 1 atom stereocenters. The number of nitrogen functional groups attached to an aromatic ring is 1. The van der Waals surface area contributed by atoms with Gasteiger partial charge in [-0.2, -0.15) is 5.10 Å². The van der Waals surface area contributed by atoms with E-state index in [0.29, 0.717) is 22.4 Å². The van der Waals surface area contributed by atoms with Gasteiger partial charge >= 0.3 is 0 Å². The predicted molar refractivity (Wildman–Crippen MR) is 118 cm³/mol. The smallest absolute Gasteiger partial charge is 0.166 e. The first-order valence-corrected chi connectivity index (χ1v) is 10.5. The van der Waals surface area contributed by atoms with E-state index < -0.39 is 6.10 Å². The van der Waals surface area contributed by atoms with E-state index in [1.165, 1.54) is 6.07 Å². The number of nitrogens with zero attached hydrogens (tertiary/aromatic N) is 3. The lowest BCUT2D eigenvalue weighted by atomic mass is 10.1. The normalized spacial score (nSPS) is 15.8. The number of aromatic hydroxyl groups is 1. The van der Waals surface area contributed by atoms with Crippen LogP contribution in [0.15, 0.2) is 36.8 Å². The van der Waals surface area contributed by atoms with Crippen molar-refractivity contribution in [1.82, 2.24) is 20.1 Å². The molecule has 3 aromatic rings. The van der Waals surface area contributed by atoms with Crippen LogP contribution in [0.1, 0.15) is 37.5 Å². The Labute approximate surface area is 184 Å². The maximum atomic E-state index is 9.90. The topological polar surface area (TPSA) is 98.2 Å². The van der Waals surface area contributed by atoms with Gasteiger partial charge in [0.25, 0.3) is 0 Å². The zero-order chi connectivity index (χ0) is 21.3. The van der Waals surface area contributed by atoms with Crippen molar-refractivity contribution in [1.29, 1.82) is 0 Å². The number of nitrogens with two attached hydrogens (primary N) is 1. The van der Waals surface area contributed by atoms with Crippen LogP contribution in [0.4, 0.5) is 5.82 Å². The highest BCUT2D eigenvalue weighted by Crippen LogP contribution is 2.39. The number of aromatic nitrogens is 3. The Bertz CT molecular complexity index is 1050. The van der Waals surface area contributed by atoms with Gasteiger partial charge in [0.05, 0.1) is 17.3 Å². The molecule has 1 saturated heterocycles. The summed E-state index contributed by atoms with van der Waals surface area (Å²) in [6, 6.07) is 5.24. The lowest BCUT2D eigenvalue weighted by Gasteiger charge is -2.22. The molecule has 30 heavy (non-hydrogen) atoms. The van der Waals surface area contributed by atoms with Crippen LogP contribution in [0, 0.1) is 0 Å². The van der Waals surface area contributed by atoms with Gasteiger partial charge in [-0.3, -0.25) is 4.68 Å². The third-order valence-corrected chi connectivity index (χ3v) is 6.04. The summed E-state index contributed by atoms with van der Waals surface area (Å²) < 4.78 is 8.05. The largest absolute Gasteiger partial charge is 0.506 e. The molecule has 1 aromatic carbocycles. The summed E-state index contributed by atoms with van der Waals surface area (Å²) in [4.78, 5) is 4.28. The SMILES string of the molecule is CC(Oc1cc(-c2cnn(C3CCNCC3)c2)cnc1N)c1c(Cl)ccc(O)c1Cl. The average molecular weight is 448 g/mol. The third kappa shape index (κ3) is 4.19. The van der Waals surface area contributed by atoms with Gasteiger partial charge in [0, 0.05) is 34.1 Å². The number of hydrogen-bond acceptors (Lipinski definition) is 6. The Hall–Kier alpha value is -2.48. The van der Waals surface area contributed by atoms with Crippen LogP contribution in [0.5, 0.6) is 11.5 Å². The molecule has 1 fully saturated rings. The van der Waals surface area contributed by atoms with Crippen molar-refractivity contribution in [2.75, 3.05) is 18.8 Å². The van der Waals surface area contributed by atoms with Crippen LogP contribution in [-0.2, 0) is 0 Å². The van der Waals surface area contributed by atoms with E-state index in [4.69, 9.17) is 33.7 Å². The van der Waals surface area contributed by atoms with Crippen LogP contribution in [0.3, 0.4) is 0 Å². The summed E-state index contributed by atoms with van der Waals surface area (Å²) in [7, 11) is 0. The van der Waals surface area contributed by atoms with E-state index in [1.54, 1.807) is 19.2 Å². The van der Waals surface area contributed by atoms with Crippen molar-refractivity contribution >= 4 is 29.0 Å². The van der Waals surface area contributed by atoms with E-state index in [9.17, 15) is 5.11 Å². The number of pyridine rings is 1. The van der Waals surface area contributed by atoms with Gasteiger partial charge in [0.15, 0.2) is 11.6 Å². The number of piperidine rings is 1. The highest BCUT2D eigenvalue weighted by atomic mass is 35.5. The molecule has 1 aliphatic rings. The molecule has 1 aliphatic heterocycles. The van der Waals surface area contributed by atoms with Crippen LogP contribution in [0.25, 0.3) is 11.1 Å². The van der Waals surface area contributed by atoms with Crippen LogP contribution in [-0.4, -0.2) is 33.0 Å². The Morgan fingerprint density at radius 2 is 2.00 bits per heavy atom. The van der Waals surface area contributed by atoms with Crippen molar-refractivity contribution in [3.05, 3.63) is 52.4 Å². The van der Waals surface area contributed by atoms with Gasteiger partial charge in [0.1, 0.15) is 11.9 Å². The second kappa shape index (κ2) is 8.71. The summed E-state index contributed by atoms with van der Waals surface area (Å²) in [5, 5.41) is 18.4. The van der Waals surface area contributed by atoms with Gasteiger partial charge in [0.2, 0.25) is 0 Å². The molecule has 9 heteroatoms. The second-order valence-electron chi connectivity index (χ2n) is 7.35. The minimum absolute atomic E-state index is 0.0586. The number of phenolic OH excluding ortho intramolecular Hbond substituents is 1. The fourth-order valence-electron chi connectivity index (χ4n) is 3.65. The zero-order valence-electron chi connectivity index (χ0n) is 16.5. The van der Waals surface area contributed by atoms with Crippen molar-refractivity contribution in [3.8, 4) is 22.6 Å². The molecule has 0 amide bonds. The Kier molecular flexibility index (Phi) is 6.04. The second-order valence-corrected chi connectivity index (χ2v) is 8.14. The van der Waals surface area contributed by atoms with Crippen molar-refractivity contribution < 1.29 is 9.84 Å². The molecular weight excluding hydrogens is 425 g/mol. The van der Waals surface area contributed by atoms with Gasteiger partial charge in [-0.15, -0.1) is 0 Å². The molecule has 0 aliphatic carbocycles. The summed E-state index contributed by atoms with van der Waals surface area (Å²) in [5.74, 6) is 0.602. The average Bonchev–Trinajstić information content (AvgIpc) is 3.24. The molecule has 0 bridgehead atoms. The van der Waals surface area contributed by atoms with E-state index >= 15 is 0 Å². The Balaban J connectivity index is 1.58. The maximum absolute atomic E-state index is 9.90. The Morgan fingerprint density at radius 3 is 2.77 bits per heavy atom. The number of nitrogens with one attached hydrogen (secondary N) is 1. The first kappa shape index (κ1) is 20.8. The fraction of sp³-hybridized carbons (Fsp3) is 0.333. The minimum atomic E-state index is -0.547. The molecule has 7 nitrogen and oxygen atoms in total. The standard InChI is InChI=1S/C21H23Cl2N5O2/c1-12(19-16(22)2-3-17(29)20(19)23)30-18-8-13(9-26-21(18)24)14-10-27-28(11-14)15-4-6-25-7-5-15/h2-3,8-12,15,25,29H,4-7H2,1H3,(H2,24,26). The van der Waals surface area contributed by atoms with Crippen molar-refractivity contribution in [2.45, 2.75) is 31.9 Å². The van der Waals surface area contributed by atoms with E-state index in [1.807, 2.05) is 23.1 Å². The van der Waals surface area contributed by atoms with E-state index in [-0.39, 0.29) is 16.6 Å². The van der Waals surface area contributed by atoms with Crippen LogP contribution in [0.2, 0.25) is 10.0 Å². The van der Waals surface area contributed by atoms with Crippen molar-refractivity contribution in [2.24, 2.45) is 0 Å². The summed E-state index contributed by atoms with van der Waals surface area (Å²) in [6.45, 7) is 3.78. The third-order valence-electron chi connectivity index (χ3n) is 5.32. The minimum Gasteiger partial charge on any atom is -0.506 e. The maximum Gasteiger partial charge on any atom is 0.166 e. The number of ether oxygens (including phenoxy) is 1. The number of benzene rings is 1. The molecule has 0 radical (unpaired) electrons. The molecule has 0 spiro atoms. The molecule has 2 aromatic heterocycles. The van der Waals surface area contributed by atoms with Crippen molar-refractivity contribution in [3.63, 3.8) is 0 Å². The molecule has 4 rings (SSSR count). The highest BCUT2D eigenvalue weighted by Gasteiger charge is 2.20. The summed E-state index contributed by atoms with van der Waals surface area (Å²) in [6.07, 6.45) is 7.11. The summed E-state index contributed by atoms with van der Waals surface area (Å²) in [5.41, 5.74) is 8.31. The monoisotopic (exact) mass is 447 g/mol. The first-order valence-electron chi connectivity index (χ1n) is 9.78. The number of phenols is 1.